The molecule has 0 N–H and O–H groups in total. The lowest BCUT2D eigenvalue weighted by Gasteiger charge is -2.10. The van der Waals surface area contributed by atoms with Gasteiger partial charge in [-0.25, -0.2) is 0 Å². The Kier molecular flexibility index (Phi) is 3.56. The molecule has 0 amide bonds. The van der Waals surface area contributed by atoms with Crippen LogP contribution in [0.2, 0.25) is 5.02 Å². The first kappa shape index (κ1) is 13.9. The molecule has 0 aliphatic rings. The molecule has 0 saturated carbocycles. The number of benzene rings is 2. The second-order valence-electron chi connectivity index (χ2n) is 5.23. The van der Waals surface area contributed by atoms with Gasteiger partial charge in [0, 0.05) is 11.1 Å². The van der Waals surface area contributed by atoms with Crippen LogP contribution in [0.4, 0.5) is 0 Å². The van der Waals surface area contributed by atoms with Gasteiger partial charge in [0.1, 0.15) is 11.5 Å². The van der Waals surface area contributed by atoms with Gasteiger partial charge in [0.2, 0.25) is 0 Å². The van der Waals surface area contributed by atoms with Gasteiger partial charge in [-0.05, 0) is 56.7 Å². The molecule has 1 aromatic heterocycles. The molecular formula is C18H16ClNO. The minimum atomic E-state index is 0.742. The van der Waals surface area contributed by atoms with Crippen molar-refractivity contribution in [3.63, 3.8) is 0 Å². The summed E-state index contributed by atoms with van der Waals surface area (Å²) >= 11 is 6.43. The van der Waals surface area contributed by atoms with Crippen molar-refractivity contribution in [3.05, 3.63) is 64.3 Å². The van der Waals surface area contributed by atoms with Crippen molar-refractivity contribution < 1.29 is 4.74 Å². The smallest absolute Gasteiger partial charge is 0.128 e. The zero-order valence-corrected chi connectivity index (χ0v) is 13.0. The van der Waals surface area contributed by atoms with E-state index in [2.05, 4.69) is 11.9 Å². The van der Waals surface area contributed by atoms with Crippen LogP contribution in [-0.2, 0) is 0 Å². The number of aromatic nitrogens is 1. The number of hydrogen-bond acceptors (Lipinski definition) is 2. The van der Waals surface area contributed by atoms with E-state index in [9.17, 15) is 0 Å². The highest BCUT2D eigenvalue weighted by Crippen LogP contribution is 2.32. The second-order valence-corrected chi connectivity index (χ2v) is 5.61. The average molecular weight is 298 g/mol. The number of fused-ring (bicyclic) bond motifs is 1. The molecule has 0 fully saturated rings. The van der Waals surface area contributed by atoms with Crippen molar-refractivity contribution in [1.29, 1.82) is 0 Å². The van der Waals surface area contributed by atoms with Crippen molar-refractivity contribution in [1.82, 2.24) is 4.98 Å². The summed E-state index contributed by atoms with van der Waals surface area (Å²) in [5, 5.41) is 1.66. The summed E-state index contributed by atoms with van der Waals surface area (Å²) in [6.07, 6.45) is 0. The first-order chi connectivity index (χ1) is 10.0. The molecule has 3 rings (SSSR count). The third-order valence-corrected chi connectivity index (χ3v) is 4.11. The Morgan fingerprint density at radius 2 is 1.57 bits per heavy atom. The van der Waals surface area contributed by atoms with E-state index in [1.807, 2.05) is 56.3 Å². The quantitative estimate of drug-likeness (QED) is 0.613. The zero-order valence-electron chi connectivity index (χ0n) is 12.3. The molecule has 0 unspecified atom stereocenters. The van der Waals surface area contributed by atoms with Gasteiger partial charge in [0.25, 0.3) is 0 Å². The fraction of sp³-hybridized carbons (Fsp3) is 0.167. The number of ether oxygens (including phenoxy) is 1. The summed E-state index contributed by atoms with van der Waals surface area (Å²) < 4.78 is 5.88. The van der Waals surface area contributed by atoms with Gasteiger partial charge in [-0.3, -0.25) is 4.98 Å². The molecule has 1 heterocycles. The number of hydrogen-bond donors (Lipinski definition) is 0. The van der Waals surface area contributed by atoms with Crippen LogP contribution in [-0.4, -0.2) is 4.98 Å². The highest BCUT2D eigenvalue weighted by molar-refractivity contribution is 6.36. The largest absolute Gasteiger partial charge is 0.457 e. The van der Waals surface area contributed by atoms with Crippen molar-refractivity contribution in [2.75, 3.05) is 0 Å². The molecule has 0 saturated heterocycles. The predicted octanol–water partition coefficient (Wildman–Crippen LogP) is 5.61. The van der Waals surface area contributed by atoms with E-state index in [1.165, 1.54) is 5.56 Å². The molecule has 0 spiro atoms. The molecule has 3 aromatic rings. The van der Waals surface area contributed by atoms with E-state index in [1.54, 1.807) is 0 Å². The van der Waals surface area contributed by atoms with Gasteiger partial charge in [-0.1, -0.05) is 29.3 Å². The molecule has 0 aliphatic heterocycles. The summed E-state index contributed by atoms with van der Waals surface area (Å²) in [6.45, 7) is 6.01. The van der Waals surface area contributed by atoms with E-state index < -0.39 is 0 Å². The third kappa shape index (κ3) is 2.72. The van der Waals surface area contributed by atoms with Crippen molar-refractivity contribution in [3.8, 4) is 11.5 Å². The highest BCUT2D eigenvalue weighted by Gasteiger charge is 2.09. The standard InChI is InChI=1S/C18H16ClNO/c1-11-4-6-14(7-5-11)21-15-8-9-17-16(10-15)18(19)12(2)13(3)20-17/h4-10H,1-3H3. The van der Waals surface area contributed by atoms with Crippen LogP contribution in [0.5, 0.6) is 11.5 Å². The number of halogens is 1. The van der Waals surface area contributed by atoms with E-state index in [4.69, 9.17) is 16.3 Å². The van der Waals surface area contributed by atoms with Gasteiger partial charge in [-0.2, -0.15) is 0 Å². The van der Waals surface area contributed by atoms with E-state index in [0.29, 0.717) is 0 Å². The minimum Gasteiger partial charge on any atom is -0.457 e. The Labute approximate surface area is 129 Å². The van der Waals surface area contributed by atoms with Gasteiger partial charge < -0.3 is 4.74 Å². The molecule has 2 aromatic carbocycles. The lowest BCUT2D eigenvalue weighted by atomic mass is 10.1. The van der Waals surface area contributed by atoms with Crippen LogP contribution >= 0.6 is 11.6 Å². The van der Waals surface area contributed by atoms with Crippen LogP contribution < -0.4 is 4.74 Å². The summed E-state index contributed by atoms with van der Waals surface area (Å²) in [4.78, 5) is 4.56. The normalized spacial score (nSPS) is 10.9. The summed E-state index contributed by atoms with van der Waals surface area (Å²) in [5.41, 5.74) is 4.06. The highest BCUT2D eigenvalue weighted by atomic mass is 35.5. The molecule has 2 nitrogen and oxygen atoms in total. The Balaban J connectivity index is 2.02. The zero-order chi connectivity index (χ0) is 15.0. The molecule has 0 bridgehead atoms. The first-order valence-electron chi connectivity index (χ1n) is 6.85. The van der Waals surface area contributed by atoms with Gasteiger partial charge in [-0.15, -0.1) is 0 Å². The average Bonchev–Trinajstić information content (AvgIpc) is 2.48. The number of nitrogens with zero attached hydrogens (tertiary/aromatic N) is 1. The van der Waals surface area contributed by atoms with E-state index in [-0.39, 0.29) is 0 Å². The van der Waals surface area contributed by atoms with Gasteiger partial charge in [0.05, 0.1) is 10.5 Å². The SMILES string of the molecule is Cc1ccc(Oc2ccc3nc(C)c(C)c(Cl)c3c2)cc1. The van der Waals surface area contributed by atoms with Crippen molar-refractivity contribution >= 4 is 22.5 Å². The Bertz CT molecular complexity index is 810. The lowest BCUT2D eigenvalue weighted by Crippen LogP contribution is -1.92. The maximum absolute atomic E-state index is 6.43. The topological polar surface area (TPSA) is 22.1 Å². The Morgan fingerprint density at radius 3 is 2.29 bits per heavy atom. The summed E-state index contributed by atoms with van der Waals surface area (Å²) in [5.74, 6) is 1.58. The van der Waals surface area contributed by atoms with Crippen molar-refractivity contribution in [2.45, 2.75) is 20.8 Å². The fourth-order valence-corrected chi connectivity index (χ4v) is 2.51. The maximum Gasteiger partial charge on any atom is 0.128 e. The molecule has 0 atom stereocenters. The molecular weight excluding hydrogens is 282 g/mol. The number of rotatable bonds is 2. The summed E-state index contributed by atoms with van der Waals surface area (Å²) in [6, 6.07) is 13.8. The van der Waals surface area contributed by atoms with Crippen LogP contribution in [0.15, 0.2) is 42.5 Å². The minimum absolute atomic E-state index is 0.742. The molecule has 0 radical (unpaired) electrons. The Hall–Kier alpha value is -2.06. The number of aryl methyl sites for hydroxylation is 2. The molecule has 21 heavy (non-hydrogen) atoms. The van der Waals surface area contributed by atoms with E-state index in [0.717, 1.165) is 38.7 Å². The monoisotopic (exact) mass is 297 g/mol. The van der Waals surface area contributed by atoms with Crippen LogP contribution in [0.3, 0.4) is 0 Å². The second kappa shape index (κ2) is 5.38. The lowest BCUT2D eigenvalue weighted by molar-refractivity contribution is 0.483. The predicted molar refractivity (Wildman–Crippen MR) is 87.5 cm³/mol. The Morgan fingerprint density at radius 1 is 0.905 bits per heavy atom. The number of pyridine rings is 1. The third-order valence-electron chi connectivity index (χ3n) is 3.62. The van der Waals surface area contributed by atoms with Crippen molar-refractivity contribution in [2.24, 2.45) is 0 Å². The van der Waals surface area contributed by atoms with Crippen LogP contribution in [0.25, 0.3) is 10.9 Å². The fourth-order valence-electron chi connectivity index (χ4n) is 2.22. The van der Waals surface area contributed by atoms with Crippen LogP contribution in [0.1, 0.15) is 16.8 Å². The van der Waals surface area contributed by atoms with Gasteiger partial charge >= 0.3 is 0 Å². The maximum atomic E-state index is 6.43. The molecule has 3 heteroatoms. The first-order valence-corrected chi connectivity index (χ1v) is 7.23. The van der Waals surface area contributed by atoms with E-state index >= 15 is 0 Å². The summed E-state index contributed by atoms with van der Waals surface area (Å²) in [7, 11) is 0. The van der Waals surface area contributed by atoms with Crippen LogP contribution in [0, 0.1) is 20.8 Å². The van der Waals surface area contributed by atoms with Gasteiger partial charge in [0.15, 0.2) is 0 Å². The molecule has 0 aliphatic carbocycles. The molecule has 106 valence electrons.